The molecular formula is C15H20N4. The molecule has 0 atom stereocenters. The average molecular weight is 256 g/mol. The number of aromatic nitrogens is 2. The number of nitrogens with one attached hydrogen (secondary N) is 1. The van der Waals surface area contributed by atoms with E-state index in [1.54, 1.807) is 0 Å². The zero-order chi connectivity index (χ0) is 14.0. The molecule has 2 rings (SSSR count). The molecule has 0 amide bonds. The number of nitrogen functional groups attached to an aromatic ring is 1. The molecule has 0 saturated carbocycles. The molecule has 0 fully saturated rings. The normalized spacial score (nSPS) is 10.8. The van der Waals surface area contributed by atoms with Crippen LogP contribution in [0.15, 0.2) is 24.3 Å². The summed E-state index contributed by atoms with van der Waals surface area (Å²) in [7, 11) is 0. The quantitative estimate of drug-likeness (QED) is 0.654. The number of anilines is 1. The van der Waals surface area contributed by atoms with Crippen LogP contribution in [-0.2, 0) is 0 Å². The molecule has 1 aromatic carbocycles. The van der Waals surface area contributed by atoms with Crippen LogP contribution in [-0.4, -0.2) is 9.97 Å². The predicted octanol–water partition coefficient (Wildman–Crippen LogP) is 3.17. The fourth-order valence-electron chi connectivity index (χ4n) is 2.30. The van der Waals surface area contributed by atoms with Crippen LogP contribution in [0.4, 0.5) is 5.82 Å². The molecule has 3 N–H and O–H groups in total. The summed E-state index contributed by atoms with van der Waals surface area (Å²) in [6, 6.07) is 8.15. The fourth-order valence-corrected chi connectivity index (χ4v) is 2.30. The van der Waals surface area contributed by atoms with Crippen LogP contribution in [0.5, 0.6) is 0 Å². The van der Waals surface area contributed by atoms with Gasteiger partial charge in [-0.25, -0.2) is 15.8 Å². The number of nitrogens with zero attached hydrogens (tertiary/aromatic N) is 2. The van der Waals surface area contributed by atoms with E-state index in [1.165, 1.54) is 5.56 Å². The van der Waals surface area contributed by atoms with Gasteiger partial charge in [0.2, 0.25) is 0 Å². The number of hydrogen-bond acceptors (Lipinski definition) is 4. The fraction of sp³-hybridized carbons (Fsp3) is 0.333. The van der Waals surface area contributed by atoms with E-state index >= 15 is 0 Å². The van der Waals surface area contributed by atoms with E-state index in [9.17, 15) is 0 Å². The second-order valence-corrected chi connectivity index (χ2v) is 5.06. The minimum Gasteiger partial charge on any atom is -0.308 e. The van der Waals surface area contributed by atoms with Crippen molar-refractivity contribution in [3.8, 4) is 11.4 Å². The highest BCUT2D eigenvalue weighted by Crippen LogP contribution is 2.27. The molecule has 100 valence electrons. The van der Waals surface area contributed by atoms with Crippen molar-refractivity contribution in [1.29, 1.82) is 0 Å². The highest BCUT2D eigenvalue weighted by atomic mass is 15.3. The van der Waals surface area contributed by atoms with E-state index < -0.39 is 0 Å². The predicted molar refractivity (Wildman–Crippen MR) is 78.8 cm³/mol. The van der Waals surface area contributed by atoms with Gasteiger partial charge < -0.3 is 5.43 Å². The molecule has 4 heteroatoms. The summed E-state index contributed by atoms with van der Waals surface area (Å²) in [6.07, 6.45) is 0. The van der Waals surface area contributed by atoms with Crippen LogP contribution in [0, 0.1) is 13.8 Å². The Morgan fingerprint density at radius 1 is 1.16 bits per heavy atom. The first-order chi connectivity index (χ1) is 9.02. The van der Waals surface area contributed by atoms with E-state index in [4.69, 9.17) is 5.84 Å². The molecule has 0 aliphatic heterocycles. The number of benzene rings is 1. The molecule has 4 nitrogen and oxygen atoms in total. The molecule has 19 heavy (non-hydrogen) atoms. The van der Waals surface area contributed by atoms with Crippen LogP contribution < -0.4 is 11.3 Å². The Morgan fingerprint density at radius 2 is 1.89 bits per heavy atom. The molecule has 0 aliphatic carbocycles. The van der Waals surface area contributed by atoms with Crippen molar-refractivity contribution in [2.75, 3.05) is 5.43 Å². The lowest BCUT2D eigenvalue weighted by Gasteiger charge is -2.15. The van der Waals surface area contributed by atoms with Crippen LogP contribution in [0.3, 0.4) is 0 Å². The van der Waals surface area contributed by atoms with Crippen LogP contribution >= 0.6 is 0 Å². The van der Waals surface area contributed by atoms with E-state index in [-0.39, 0.29) is 0 Å². The first kappa shape index (κ1) is 13.5. The van der Waals surface area contributed by atoms with Gasteiger partial charge in [0.15, 0.2) is 5.82 Å². The SMILES string of the molecule is Cc1cccc(-c2nc(C)c(C(C)C)c(NN)n2)c1. The van der Waals surface area contributed by atoms with Gasteiger partial charge in [0.05, 0.1) is 0 Å². The van der Waals surface area contributed by atoms with E-state index in [1.807, 2.05) is 19.1 Å². The van der Waals surface area contributed by atoms with Gasteiger partial charge in [-0.2, -0.15) is 0 Å². The van der Waals surface area contributed by atoms with Gasteiger partial charge in [0.1, 0.15) is 5.82 Å². The molecule has 1 aromatic heterocycles. The Morgan fingerprint density at radius 3 is 2.47 bits per heavy atom. The highest BCUT2D eigenvalue weighted by molar-refractivity contribution is 5.60. The Labute approximate surface area is 114 Å². The lowest BCUT2D eigenvalue weighted by Crippen LogP contribution is -2.14. The van der Waals surface area contributed by atoms with Crippen molar-refractivity contribution in [3.63, 3.8) is 0 Å². The van der Waals surface area contributed by atoms with Crippen LogP contribution in [0.25, 0.3) is 11.4 Å². The lowest BCUT2D eigenvalue weighted by molar-refractivity contribution is 0.832. The number of nitrogens with two attached hydrogens (primary N) is 1. The number of rotatable bonds is 3. The third kappa shape index (κ3) is 2.74. The summed E-state index contributed by atoms with van der Waals surface area (Å²) in [5, 5.41) is 0. The lowest BCUT2D eigenvalue weighted by atomic mass is 10.0. The van der Waals surface area contributed by atoms with Crippen molar-refractivity contribution in [2.24, 2.45) is 5.84 Å². The maximum Gasteiger partial charge on any atom is 0.161 e. The van der Waals surface area contributed by atoms with E-state index in [0.29, 0.717) is 17.6 Å². The summed E-state index contributed by atoms with van der Waals surface area (Å²) in [5.74, 6) is 7.34. The number of aryl methyl sites for hydroxylation is 2. The number of hydrazine groups is 1. The maximum atomic E-state index is 5.59. The van der Waals surface area contributed by atoms with Gasteiger partial charge in [-0.1, -0.05) is 37.6 Å². The third-order valence-corrected chi connectivity index (χ3v) is 3.13. The van der Waals surface area contributed by atoms with Gasteiger partial charge >= 0.3 is 0 Å². The highest BCUT2D eigenvalue weighted by Gasteiger charge is 2.14. The molecule has 0 radical (unpaired) electrons. The van der Waals surface area contributed by atoms with Gasteiger partial charge in [0, 0.05) is 16.8 Å². The summed E-state index contributed by atoms with van der Waals surface area (Å²) in [6.45, 7) is 8.27. The second-order valence-electron chi connectivity index (χ2n) is 5.06. The van der Waals surface area contributed by atoms with Gasteiger partial charge in [0.25, 0.3) is 0 Å². The third-order valence-electron chi connectivity index (χ3n) is 3.13. The zero-order valence-corrected chi connectivity index (χ0v) is 11.9. The topological polar surface area (TPSA) is 63.8 Å². The molecule has 2 aromatic rings. The molecule has 0 unspecified atom stereocenters. The molecule has 0 saturated heterocycles. The van der Waals surface area contributed by atoms with Gasteiger partial charge in [-0.05, 0) is 25.8 Å². The summed E-state index contributed by atoms with van der Waals surface area (Å²) < 4.78 is 0. The van der Waals surface area contributed by atoms with Crippen molar-refractivity contribution in [3.05, 3.63) is 41.1 Å². The van der Waals surface area contributed by atoms with E-state index in [2.05, 4.69) is 48.3 Å². The summed E-state index contributed by atoms with van der Waals surface area (Å²) in [4.78, 5) is 9.15. The van der Waals surface area contributed by atoms with Gasteiger partial charge in [-0.15, -0.1) is 0 Å². The summed E-state index contributed by atoms with van der Waals surface area (Å²) in [5.41, 5.74) is 6.92. The number of hydrogen-bond donors (Lipinski definition) is 2. The Hall–Kier alpha value is -1.94. The van der Waals surface area contributed by atoms with Crippen molar-refractivity contribution in [2.45, 2.75) is 33.6 Å². The largest absolute Gasteiger partial charge is 0.308 e. The molecule has 1 heterocycles. The average Bonchev–Trinajstić information content (AvgIpc) is 2.37. The van der Waals surface area contributed by atoms with E-state index in [0.717, 1.165) is 16.8 Å². The molecule has 0 spiro atoms. The summed E-state index contributed by atoms with van der Waals surface area (Å²) >= 11 is 0. The van der Waals surface area contributed by atoms with Crippen molar-refractivity contribution in [1.82, 2.24) is 9.97 Å². The van der Waals surface area contributed by atoms with Crippen LogP contribution in [0.2, 0.25) is 0 Å². The second kappa shape index (κ2) is 5.36. The molecule has 0 aliphatic rings. The minimum atomic E-state index is 0.331. The van der Waals surface area contributed by atoms with Crippen molar-refractivity contribution < 1.29 is 0 Å². The first-order valence-corrected chi connectivity index (χ1v) is 6.45. The smallest absolute Gasteiger partial charge is 0.161 e. The van der Waals surface area contributed by atoms with Crippen molar-refractivity contribution >= 4 is 5.82 Å². The Balaban J connectivity index is 2.58. The Bertz CT molecular complexity index is 591. The minimum absolute atomic E-state index is 0.331. The van der Waals surface area contributed by atoms with Gasteiger partial charge in [-0.3, -0.25) is 0 Å². The zero-order valence-electron chi connectivity index (χ0n) is 11.9. The standard InChI is InChI=1S/C15H20N4/c1-9(2)13-11(4)17-14(18-15(13)19-16)12-7-5-6-10(3)8-12/h5-9H,16H2,1-4H3,(H,17,18,19). The molecule has 0 bridgehead atoms. The Kier molecular flexibility index (Phi) is 3.81. The monoisotopic (exact) mass is 256 g/mol. The maximum absolute atomic E-state index is 5.59. The van der Waals surface area contributed by atoms with Crippen LogP contribution in [0.1, 0.15) is 36.6 Å². The first-order valence-electron chi connectivity index (χ1n) is 6.45. The molecular weight excluding hydrogens is 236 g/mol.